The predicted octanol–water partition coefficient (Wildman–Crippen LogP) is 6.89. The summed E-state index contributed by atoms with van der Waals surface area (Å²) >= 11 is 0. The molecule has 0 radical (unpaired) electrons. The van der Waals surface area contributed by atoms with Gasteiger partial charge in [-0.3, -0.25) is 0 Å². The topological polar surface area (TPSA) is 26.0 Å². The van der Waals surface area contributed by atoms with E-state index in [-0.39, 0.29) is 0 Å². The van der Waals surface area contributed by atoms with Crippen LogP contribution >= 0.6 is 0 Å². The van der Waals surface area contributed by atoms with Gasteiger partial charge in [-0.25, -0.2) is 4.39 Å². The molecule has 0 amide bonds. The summed E-state index contributed by atoms with van der Waals surface area (Å²) < 4.78 is 15.2. The molecule has 4 fully saturated rings. The van der Waals surface area contributed by atoms with E-state index in [0.717, 1.165) is 30.1 Å². The number of rotatable bonds is 3. The molecule has 4 rings (SSSR count). The molecule has 156 valence electrons. The van der Waals surface area contributed by atoms with E-state index in [1.165, 1.54) is 89.9 Å². The van der Waals surface area contributed by atoms with Gasteiger partial charge in [0.25, 0.3) is 0 Å². The summed E-state index contributed by atoms with van der Waals surface area (Å²) in [5.41, 5.74) is 6.07. The second-order valence-electron chi connectivity index (χ2n) is 11.1. The first kappa shape index (κ1) is 20.2. The van der Waals surface area contributed by atoms with Gasteiger partial charge in [-0.05, 0) is 125 Å². The van der Waals surface area contributed by atoms with Crippen molar-refractivity contribution in [3.8, 4) is 0 Å². The molecule has 0 aliphatic heterocycles. The summed E-state index contributed by atoms with van der Waals surface area (Å²) in [6.07, 6.45) is 19.0. The Hall–Kier alpha value is -0.110. The molecule has 0 aromatic rings. The van der Waals surface area contributed by atoms with Crippen LogP contribution in [0.3, 0.4) is 0 Å². The zero-order chi connectivity index (χ0) is 18.8. The van der Waals surface area contributed by atoms with E-state index in [4.69, 9.17) is 5.73 Å². The summed E-state index contributed by atoms with van der Waals surface area (Å²) in [4.78, 5) is 0. The summed E-state index contributed by atoms with van der Waals surface area (Å²) in [5, 5.41) is 0. The van der Waals surface area contributed by atoms with E-state index in [9.17, 15) is 0 Å². The maximum Gasteiger partial charge on any atom is 0.103 e. The van der Waals surface area contributed by atoms with Crippen LogP contribution in [0.5, 0.6) is 0 Å². The highest BCUT2D eigenvalue weighted by molar-refractivity contribution is 4.91. The van der Waals surface area contributed by atoms with Crippen LogP contribution in [0.25, 0.3) is 0 Å². The third-order valence-electron chi connectivity index (χ3n) is 9.50. The largest absolute Gasteiger partial charge is 0.328 e. The molecule has 1 nitrogen and oxygen atoms in total. The number of hydrogen-bond acceptors (Lipinski definition) is 1. The van der Waals surface area contributed by atoms with Crippen molar-refractivity contribution in [1.29, 1.82) is 0 Å². The maximum absolute atomic E-state index is 15.2. The van der Waals surface area contributed by atoms with Crippen molar-refractivity contribution in [3.05, 3.63) is 0 Å². The van der Waals surface area contributed by atoms with E-state index in [1.54, 1.807) is 0 Å². The van der Waals surface area contributed by atoms with Crippen LogP contribution in [-0.2, 0) is 0 Å². The van der Waals surface area contributed by atoms with Crippen molar-refractivity contribution >= 4 is 0 Å². The molecule has 4 aliphatic rings. The second kappa shape index (κ2) is 9.14. The Labute approximate surface area is 167 Å². The van der Waals surface area contributed by atoms with Crippen molar-refractivity contribution in [2.45, 2.75) is 115 Å². The average molecular weight is 378 g/mol. The van der Waals surface area contributed by atoms with Gasteiger partial charge in [0.2, 0.25) is 0 Å². The zero-order valence-electron chi connectivity index (χ0n) is 17.8. The van der Waals surface area contributed by atoms with Crippen LogP contribution in [-0.4, -0.2) is 12.2 Å². The minimum Gasteiger partial charge on any atom is -0.328 e. The molecule has 0 saturated heterocycles. The first-order valence-corrected chi connectivity index (χ1v) is 12.5. The van der Waals surface area contributed by atoms with E-state index in [0.29, 0.717) is 23.8 Å². The van der Waals surface area contributed by atoms with Gasteiger partial charge < -0.3 is 5.73 Å². The fourth-order valence-corrected chi connectivity index (χ4v) is 7.55. The van der Waals surface area contributed by atoms with Crippen molar-refractivity contribution in [1.82, 2.24) is 0 Å². The van der Waals surface area contributed by atoms with Gasteiger partial charge in [-0.1, -0.05) is 19.8 Å². The zero-order valence-corrected chi connectivity index (χ0v) is 17.8. The first-order valence-electron chi connectivity index (χ1n) is 12.5. The van der Waals surface area contributed by atoms with Crippen LogP contribution in [0.1, 0.15) is 103 Å². The fourth-order valence-electron chi connectivity index (χ4n) is 7.55. The smallest absolute Gasteiger partial charge is 0.103 e. The van der Waals surface area contributed by atoms with Gasteiger partial charge >= 0.3 is 0 Å². The van der Waals surface area contributed by atoms with Gasteiger partial charge in [-0.2, -0.15) is 0 Å². The SMILES string of the molecule is CC1CCC(C2CCC(C3CCC(C4CCC(N)CC4)CC3F)CC2)CC1. The highest BCUT2D eigenvalue weighted by Gasteiger charge is 2.40. The van der Waals surface area contributed by atoms with Gasteiger partial charge in [0.05, 0.1) is 0 Å². The lowest BCUT2D eigenvalue weighted by Crippen LogP contribution is -2.38. The Bertz CT molecular complexity index is 441. The van der Waals surface area contributed by atoms with Crippen molar-refractivity contribution in [2.75, 3.05) is 0 Å². The summed E-state index contributed by atoms with van der Waals surface area (Å²) in [6.45, 7) is 2.42. The molecule has 4 aliphatic carbocycles. The van der Waals surface area contributed by atoms with Crippen molar-refractivity contribution in [3.63, 3.8) is 0 Å². The molecular weight excluding hydrogens is 333 g/mol. The molecule has 3 atom stereocenters. The molecule has 0 bridgehead atoms. The number of halogens is 1. The molecular formula is C25H44FN. The Morgan fingerprint density at radius 1 is 0.556 bits per heavy atom. The minimum atomic E-state index is -0.517. The molecule has 27 heavy (non-hydrogen) atoms. The van der Waals surface area contributed by atoms with Crippen molar-refractivity contribution in [2.24, 2.45) is 47.2 Å². The van der Waals surface area contributed by atoms with Crippen LogP contribution < -0.4 is 5.73 Å². The van der Waals surface area contributed by atoms with Crippen LogP contribution in [0, 0.1) is 41.4 Å². The molecule has 0 aromatic carbocycles. The van der Waals surface area contributed by atoms with Crippen molar-refractivity contribution < 1.29 is 4.39 Å². The fraction of sp³-hybridized carbons (Fsp3) is 1.00. The van der Waals surface area contributed by atoms with Crippen LogP contribution in [0.2, 0.25) is 0 Å². The average Bonchev–Trinajstić information content (AvgIpc) is 2.69. The third-order valence-corrected chi connectivity index (χ3v) is 9.50. The highest BCUT2D eigenvalue weighted by atomic mass is 19.1. The molecule has 0 heterocycles. The van der Waals surface area contributed by atoms with Gasteiger partial charge in [-0.15, -0.1) is 0 Å². The van der Waals surface area contributed by atoms with E-state index >= 15 is 4.39 Å². The van der Waals surface area contributed by atoms with Gasteiger partial charge in [0.1, 0.15) is 6.17 Å². The van der Waals surface area contributed by atoms with Crippen LogP contribution in [0.4, 0.5) is 4.39 Å². The molecule has 2 heteroatoms. The number of nitrogens with two attached hydrogens (primary N) is 1. The summed E-state index contributed by atoms with van der Waals surface area (Å²) in [7, 11) is 0. The molecule has 3 unspecified atom stereocenters. The Balaban J connectivity index is 1.22. The van der Waals surface area contributed by atoms with Gasteiger partial charge in [0, 0.05) is 6.04 Å². The van der Waals surface area contributed by atoms with E-state index in [1.807, 2.05) is 0 Å². The first-order chi connectivity index (χ1) is 13.1. The lowest BCUT2D eigenvalue weighted by Gasteiger charge is -2.44. The third kappa shape index (κ3) is 4.90. The lowest BCUT2D eigenvalue weighted by atomic mass is 9.63. The van der Waals surface area contributed by atoms with E-state index < -0.39 is 6.17 Å². The number of hydrogen-bond donors (Lipinski definition) is 1. The second-order valence-corrected chi connectivity index (χ2v) is 11.1. The minimum absolute atomic E-state index is 0.388. The quantitative estimate of drug-likeness (QED) is 0.569. The summed E-state index contributed by atoms with van der Waals surface area (Å²) in [5.74, 6) is 5.43. The van der Waals surface area contributed by atoms with E-state index in [2.05, 4.69) is 6.92 Å². The normalized spacial score (nSPS) is 49.7. The molecule has 4 saturated carbocycles. The predicted molar refractivity (Wildman–Crippen MR) is 112 cm³/mol. The standard InChI is InChI=1S/C25H44FN/c1-17-2-4-18(5-3-17)19-6-8-21(9-7-19)24-15-12-22(16-25(24)26)20-10-13-23(27)14-11-20/h17-25H,2-16,27H2,1H3. The summed E-state index contributed by atoms with van der Waals surface area (Å²) in [6, 6.07) is 0.418. The Morgan fingerprint density at radius 3 is 1.59 bits per heavy atom. The molecule has 2 N–H and O–H groups in total. The lowest BCUT2D eigenvalue weighted by molar-refractivity contribution is 0.0287. The molecule has 0 spiro atoms. The maximum atomic E-state index is 15.2. The van der Waals surface area contributed by atoms with Gasteiger partial charge in [0.15, 0.2) is 0 Å². The Morgan fingerprint density at radius 2 is 1.00 bits per heavy atom. The van der Waals surface area contributed by atoms with Crippen LogP contribution in [0.15, 0.2) is 0 Å². The highest BCUT2D eigenvalue weighted by Crippen LogP contribution is 2.48. The molecule has 0 aromatic heterocycles. The monoisotopic (exact) mass is 377 g/mol. The number of alkyl halides is 1. The Kier molecular flexibility index (Phi) is 6.83.